The predicted molar refractivity (Wildman–Crippen MR) is 124 cm³/mol. The molecule has 2 aliphatic rings. The normalized spacial score (nSPS) is 17.9. The summed E-state index contributed by atoms with van der Waals surface area (Å²) < 4.78 is 28.4. The zero-order valence-corrected chi connectivity index (χ0v) is 19.1. The van der Waals surface area contributed by atoms with Crippen LogP contribution in [-0.2, 0) is 21.2 Å². The van der Waals surface area contributed by atoms with Gasteiger partial charge in [0.05, 0.1) is 18.9 Å². The summed E-state index contributed by atoms with van der Waals surface area (Å²) in [5.41, 5.74) is 1.70. The van der Waals surface area contributed by atoms with E-state index >= 15 is 0 Å². The Morgan fingerprint density at radius 1 is 1.21 bits per heavy atom. The Morgan fingerprint density at radius 2 is 1.94 bits per heavy atom. The van der Waals surface area contributed by atoms with E-state index in [1.165, 1.54) is 0 Å². The first-order valence-corrected chi connectivity index (χ1v) is 12.3. The van der Waals surface area contributed by atoms with Crippen molar-refractivity contribution in [3.05, 3.63) is 36.0 Å². The molecule has 2 heterocycles. The van der Waals surface area contributed by atoms with Crippen LogP contribution in [0.2, 0.25) is 0 Å². The molecule has 1 saturated carbocycles. The van der Waals surface area contributed by atoms with Crippen molar-refractivity contribution in [3.63, 3.8) is 0 Å². The molecule has 11 heteroatoms. The van der Waals surface area contributed by atoms with Crippen molar-refractivity contribution in [1.29, 1.82) is 0 Å². The molecule has 1 atom stereocenters. The summed E-state index contributed by atoms with van der Waals surface area (Å²) in [6, 6.07) is 8.77. The van der Waals surface area contributed by atoms with Crippen LogP contribution in [0.15, 0.2) is 30.3 Å². The maximum absolute atomic E-state index is 11.9. The maximum Gasteiger partial charge on any atom is 0.319 e. The third-order valence-corrected chi connectivity index (χ3v) is 6.65. The second kappa shape index (κ2) is 10.6. The first kappa shape index (κ1) is 23.6. The Hall–Kier alpha value is -2.60. The van der Waals surface area contributed by atoms with Gasteiger partial charge in [-0.1, -0.05) is 11.1 Å². The number of rotatable bonds is 9. The standard InChI is InChI=1S/C22H29N5O5S/c28-11-1-8-23-21(29)24-17-4-2-16(3-5-17)20-25-18(22(6-7-22)15-33(30)31)14-19(26-20)27-9-12-32-13-10-27/h2-5,14,28H,1,6-13,15H2,(H,30,31)(H2,23,24,29)/p-1. The Balaban J connectivity index is 1.57. The summed E-state index contributed by atoms with van der Waals surface area (Å²) in [5.74, 6) is 1.35. The van der Waals surface area contributed by atoms with Crippen molar-refractivity contribution in [2.24, 2.45) is 0 Å². The molecular formula is C22H28N5O5S-. The first-order chi connectivity index (χ1) is 16.0. The van der Waals surface area contributed by atoms with E-state index in [1.54, 1.807) is 12.1 Å². The molecule has 1 aromatic carbocycles. The minimum Gasteiger partial charge on any atom is -0.772 e. The lowest BCUT2D eigenvalue weighted by molar-refractivity contribution is 0.122. The molecule has 0 radical (unpaired) electrons. The highest BCUT2D eigenvalue weighted by Crippen LogP contribution is 2.48. The molecule has 1 unspecified atom stereocenters. The van der Waals surface area contributed by atoms with E-state index in [0.717, 1.165) is 29.9 Å². The molecule has 178 valence electrons. The summed E-state index contributed by atoms with van der Waals surface area (Å²) in [6.45, 7) is 3.07. The number of morpholine rings is 1. The quantitative estimate of drug-likeness (QED) is 0.366. The average Bonchev–Trinajstić information content (AvgIpc) is 3.60. The number of hydrogen-bond donors (Lipinski definition) is 3. The van der Waals surface area contributed by atoms with E-state index in [0.29, 0.717) is 50.8 Å². The first-order valence-electron chi connectivity index (χ1n) is 11.0. The number of aromatic nitrogens is 2. The highest BCUT2D eigenvalue weighted by atomic mass is 32.2. The Morgan fingerprint density at radius 3 is 2.58 bits per heavy atom. The van der Waals surface area contributed by atoms with Crippen LogP contribution >= 0.6 is 0 Å². The summed E-state index contributed by atoms with van der Waals surface area (Å²) in [6.07, 6.45) is 2.06. The molecule has 4 rings (SSSR count). The summed E-state index contributed by atoms with van der Waals surface area (Å²) in [7, 11) is 0. The Labute approximate surface area is 195 Å². The van der Waals surface area contributed by atoms with Crippen LogP contribution in [0.3, 0.4) is 0 Å². The number of nitrogens with one attached hydrogen (secondary N) is 2. The molecule has 10 nitrogen and oxygen atoms in total. The monoisotopic (exact) mass is 474 g/mol. The van der Waals surface area contributed by atoms with Gasteiger partial charge in [0.1, 0.15) is 5.82 Å². The van der Waals surface area contributed by atoms with Crippen LogP contribution in [0, 0.1) is 0 Å². The third kappa shape index (κ3) is 6.05. The van der Waals surface area contributed by atoms with Crippen LogP contribution in [0.4, 0.5) is 16.3 Å². The number of benzene rings is 1. The summed E-state index contributed by atoms with van der Waals surface area (Å²) >= 11 is -2.15. The minimum absolute atomic E-state index is 0.0203. The van der Waals surface area contributed by atoms with E-state index < -0.39 is 16.5 Å². The smallest absolute Gasteiger partial charge is 0.319 e. The van der Waals surface area contributed by atoms with Gasteiger partial charge >= 0.3 is 6.03 Å². The van der Waals surface area contributed by atoms with Crippen LogP contribution in [-0.4, -0.2) is 75.1 Å². The molecular weight excluding hydrogens is 446 g/mol. The van der Waals surface area contributed by atoms with Crippen LogP contribution < -0.4 is 15.5 Å². The van der Waals surface area contributed by atoms with Gasteiger partial charge in [-0.05, 0) is 43.5 Å². The minimum atomic E-state index is -2.15. The van der Waals surface area contributed by atoms with Crippen molar-refractivity contribution in [2.75, 3.05) is 55.4 Å². The molecule has 1 aliphatic heterocycles. The number of hydrogen-bond acceptors (Lipinski definition) is 8. The number of carbonyl (C=O) groups is 1. The van der Waals surface area contributed by atoms with Crippen LogP contribution in [0.25, 0.3) is 11.4 Å². The number of nitrogens with zero attached hydrogens (tertiary/aromatic N) is 3. The Bertz CT molecular complexity index is 993. The van der Waals surface area contributed by atoms with Gasteiger partial charge in [0.25, 0.3) is 0 Å². The van der Waals surface area contributed by atoms with Gasteiger partial charge in [-0.25, -0.2) is 14.8 Å². The Kier molecular flexibility index (Phi) is 7.53. The van der Waals surface area contributed by atoms with Crippen LogP contribution in [0.1, 0.15) is 25.0 Å². The van der Waals surface area contributed by atoms with Crippen LogP contribution in [0.5, 0.6) is 0 Å². The molecule has 2 fully saturated rings. The zero-order valence-electron chi connectivity index (χ0n) is 18.3. The lowest BCUT2D eigenvalue weighted by Crippen LogP contribution is -2.37. The SMILES string of the molecule is O=C(NCCCO)Nc1ccc(-c2nc(N3CCOCC3)cc(C3(CS(=O)[O-])CC3)n2)cc1. The summed E-state index contributed by atoms with van der Waals surface area (Å²) in [5, 5.41) is 14.2. The van der Waals surface area contributed by atoms with E-state index in [2.05, 4.69) is 15.5 Å². The molecule has 2 aromatic rings. The number of ether oxygens (including phenoxy) is 1. The van der Waals surface area contributed by atoms with Gasteiger partial charge in [0.2, 0.25) is 0 Å². The summed E-state index contributed by atoms with van der Waals surface area (Å²) in [4.78, 5) is 23.6. The number of urea groups is 1. The third-order valence-electron chi connectivity index (χ3n) is 5.86. The highest BCUT2D eigenvalue weighted by molar-refractivity contribution is 7.79. The fraction of sp³-hybridized carbons (Fsp3) is 0.500. The second-order valence-corrected chi connectivity index (χ2v) is 9.19. The fourth-order valence-corrected chi connectivity index (χ4v) is 4.69. The molecule has 1 aromatic heterocycles. The molecule has 3 N–H and O–H groups in total. The molecule has 33 heavy (non-hydrogen) atoms. The van der Waals surface area contributed by atoms with Gasteiger partial charge < -0.3 is 29.9 Å². The predicted octanol–water partition coefficient (Wildman–Crippen LogP) is 1.39. The molecule has 1 saturated heterocycles. The number of aliphatic hydroxyl groups is 1. The molecule has 1 aliphatic carbocycles. The molecule has 2 amide bonds. The fourth-order valence-electron chi connectivity index (χ4n) is 3.80. The van der Waals surface area contributed by atoms with Gasteiger partial charge in [0.15, 0.2) is 5.82 Å². The largest absolute Gasteiger partial charge is 0.772 e. The average molecular weight is 475 g/mol. The number of anilines is 2. The molecule has 0 spiro atoms. The van der Waals surface area contributed by atoms with Crippen molar-refractivity contribution < 1.29 is 23.4 Å². The van der Waals surface area contributed by atoms with Gasteiger partial charge in [0, 0.05) is 54.7 Å². The van der Waals surface area contributed by atoms with Gasteiger partial charge in [-0.3, -0.25) is 4.21 Å². The lowest BCUT2D eigenvalue weighted by atomic mass is 10.0. The van der Waals surface area contributed by atoms with Gasteiger partial charge in [-0.15, -0.1) is 0 Å². The van der Waals surface area contributed by atoms with E-state index in [1.807, 2.05) is 18.2 Å². The van der Waals surface area contributed by atoms with Crippen molar-refractivity contribution >= 4 is 28.6 Å². The number of aliphatic hydroxyl groups excluding tert-OH is 1. The van der Waals surface area contributed by atoms with Crippen molar-refractivity contribution in [1.82, 2.24) is 15.3 Å². The van der Waals surface area contributed by atoms with Crippen molar-refractivity contribution in [2.45, 2.75) is 24.7 Å². The number of amides is 2. The van der Waals surface area contributed by atoms with E-state index in [9.17, 15) is 13.6 Å². The second-order valence-electron chi connectivity index (χ2n) is 8.30. The molecule has 0 bridgehead atoms. The van der Waals surface area contributed by atoms with Gasteiger partial charge in [-0.2, -0.15) is 0 Å². The number of carbonyl (C=O) groups excluding carboxylic acids is 1. The lowest BCUT2D eigenvalue weighted by Gasteiger charge is -2.29. The van der Waals surface area contributed by atoms with E-state index in [4.69, 9.17) is 19.8 Å². The highest BCUT2D eigenvalue weighted by Gasteiger charge is 2.46. The van der Waals surface area contributed by atoms with E-state index in [-0.39, 0.29) is 18.4 Å². The van der Waals surface area contributed by atoms with Crippen molar-refractivity contribution in [3.8, 4) is 11.4 Å². The maximum atomic E-state index is 11.9. The zero-order chi connectivity index (χ0) is 23.3. The topological polar surface area (TPSA) is 140 Å².